The standard InChI is InChI=1S/C18H38N2O/c1-5-6-7-8-9-10-11-12-13-14-18(21)19-17(2)15-16-20(3)4/h17H,5-16H2,1-4H3,(H,19,21)/q+1. The molecule has 3 nitrogen and oxygen atoms in total. The molecule has 0 fully saturated rings. The van der Waals surface area contributed by atoms with Gasteiger partial charge in [0.25, 0.3) is 0 Å². The maximum atomic E-state index is 11.8. The first-order valence-corrected chi connectivity index (χ1v) is 9.00. The van der Waals surface area contributed by atoms with Gasteiger partial charge in [-0.3, -0.25) is 4.79 Å². The van der Waals surface area contributed by atoms with Crippen LogP contribution in [0.5, 0.6) is 0 Å². The van der Waals surface area contributed by atoms with Crippen molar-refractivity contribution in [2.75, 3.05) is 20.6 Å². The number of hydrogen-bond donors (Lipinski definition) is 1. The van der Waals surface area contributed by atoms with Gasteiger partial charge in [-0.1, -0.05) is 58.3 Å². The van der Waals surface area contributed by atoms with Gasteiger partial charge < -0.3 is 5.32 Å². The Morgan fingerprint density at radius 2 is 1.48 bits per heavy atom. The summed E-state index contributed by atoms with van der Waals surface area (Å²) >= 11 is 0. The minimum absolute atomic E-state index is 0.226. The number of unbranched alkanes of at least 4 members (excludes halogenated alkanes) is 8. The predicted molar refractivity (Wildman–Crippen MR) is 92.9 cm³/mol. The van der Waals surface area contributed by atoms with Crippen LogP contribution < -0.4 is 10.2 Å². The molecule has 1 N–H and O–H groups in total. The van der Waals surface area contributed by atoms with Gasteiger partial charge in [-0.2, -0.15) is 4.90 Å². The molecule has 0 aromatic carbocycles. The van der Waals surface area contributed by atoms with E-state index in [1.165, 1.54) is 51.4 Å². The van der Waals surface area contributed by atoms with E-state index in [2.05, 4.69) is 38.2 Å². The molecule has 0 aromatic heterocycles. The first-order valence-electron chi connectivity index (χ1n) is 9.00. The molecule has 0 bridgehead atoms. The quantitative estimate of drug-likeness (QED) is 0.378. The fourth-order valence-electron chi connectivity index (χ4n) is 2.47. The number of nitrogens with zero attached hydrogens (tertiary/aromatic N) is 1. The largest absolute Gasteiger partial charge is 0.353 e. The van der Waals surface area contributed by atoms with Crippen molar-refractivity contribution in [1.29, 1.82) is 0 Å². The highest BCUT2D eigenvalue weighted by Gasteiger charge is 2.09. The van der Waals surface area contributed by atoms with Crippen molar-refractivity contribution in [2.45, 2.75) is 90.5 Å². The third-order valence-electron chi connectivity index (χ3n) is 3.92. The second-order valence-electron chi connectivity index (χ2n) is 6.64. The van der Waals surface area contributed by atoms with Gasteiger partial charge in [-0.25, -0.2) is 0 Å². The van der Waals surface area contributed by atoms with E-state index in [9.17, 15) is 4.79 Å². The Kier molecular flexibility index (Phi) is 14.0. The van der Waals surface area contributed by atoms with Crippen LogP contribution in [0, 0.1) is 0 Å². The molecule has 0 aliphatic heterocycles. The SMILES string of the molecule is CCCCCCCCCCCC(=O)NC(C)CC[N+](C)C. The molecular weight excluding hydrogens is 260 g/mol. The summed E-state index contributed by atoms with van der Waals surface area (Å²) in [5.41, 5.74) is 0. The molecule has 0 aliphatic carbocycles. The van der Waals surface area contributed by atoms with Crippen LogP contribution in [0.25, 0.3) is 0 Å². The smallest absolute Gasteiger partial charge is 0.220 e. The molecule has 21 heavy (non-hydrogen) atoms. The number of carbonyl (C=O) groups is 1. The van der Waals surface area contributed by atoms with Crippen LogP contribution in [0.1, 0.15) is 84.5 Å². The van der Waals surface area contributed by atoms with Crippen molar-refractivity contribution in [3.05, 3.63) is 0 Å². The zero-order valence-electron chi connectivity index (χ0n) is 14.9. The summed E-state index contributed by atoms with van der Waals surface area (Å²) in [4.78, 5) is 13.9. The number of rotatable bonds is 14. The monoisotopic (exact) mass is 298 g/mol. The minimum Gasteiger partial charge on any atom is -0.353 e. The molecule has 0 heterocycles. The predicted octanol–water partition coefficient (Wildman–Crippen LogP) is 4.20. The molecule has 1 unspecified atom stereocenters. The van der Waals surface area contributed by atoms with Crippen LogP contribution in [0.15, 0.2) is 0 Å². The normalized spacial score (nSPS) is 12.6. The molecule has 0 saturated carbocycles. The van der Waals surface area contributed by atoms with Crippen molar-refractivity contribution in [1.82, 2.24) is 10.2 Å². The lowest BCUT2D eigenvalue weighted by Gasteiger charge is -2.13. The lowest BCUT2D eigenvalue weighted by Crippen LogP contribution is -2.35. The maximum absolute atomic E-state index is 11.8. The summed E-state index contributed by atoms with van der Waals surface area (Å²) in [6.45, 7) is 5.38. The number of hydrogen-bond acceptors (Lipinski definition) is 2. The highest BCUT2D eigenvalue weighted by atomic mass is 16.1. The fraction of sp³-hybridized carbons (Fsp3) is 0.944. The van der Waals surface area contributed by atoms with E-state index in [0.717, 1.165) is 19.4 Å². The van der Waals surface area contributed by atoms with Crippen LogP contribution >= 0.6 is 0 Å². The summed E-state index contributed by atoms with van der Waals surface area (Å²) in [7, 11) is 4.13. The van der Waals surface area contributed by atoms with Crippen LogP contribution in [0.3, 0.4) is 0 Å². The lowest BCUT2D eigenvalue weighted by molar-refractivity contribution is -0.121. The van der Waals surface area contributed by atoms with Gasteiger partial charge in [-0.05, 0) is 13.3 Å². The Balaban J connectivity index is 3.33. The Morgan fingerprint density at radius 1 is 0.952 bits per heavy atom. The van der Waals surface area contributed by atoms with E-state index >= 15 is 0 Å². The minimum atomic E-state index is 0.226. The molecule has 0 rings (SSSR count). The zero-order chi connectivity index (χ0) is 15.9. The Morgan fingerprint density at radius 3 is 2.00 bits per heavy atom. The molecule has 0 aromatic rings. The molecular formula is C18H38N2O+. The molecule has 1 radical (unpaired) electrons. The first kappa shape index (κ1) is 20.4. The summed E-state index contributed by atoms with van der Waals surface area (Å²) in [6.07, 6.45) is 13.4. The van der Waals surface area contributed by atoms with E-state index in [4.69, 9.17) is 0 Å². The Labute approximate surface area is 132 Å². The molecule has 1 amide bonds. The van der Waals surface area contributed by atoms with Crippen molar-refractivity contribution >= 4 is 5.91 Å². The lowest BCUT2D eigenvalue weighted by atomic mass is 10.1. The summed E-state index contributed by atoms with van der Waals surface area (Å²) in [6, 6.07) is 0.290. The number of carbonyl (C=O) groups excluding carboxylic acids is 1. The van der Waals surface area contributed by atoms with E-state index in [1.807, 2.05) is 0 Å². The Bertz CT molecular complexity index is 241. The van der Waals surface area contributed by atoms with Gasteiger partial charge in [-0.15, -0.1) is 0 Å². The van der Waals surface area contributed by atoms with Gasteiger partial charge >= 0.3 is 0 Å². The molecule has 125 valence electrons. The van der Waals surface area contributed by atoms with Gasteiger partial charge in [0.1, 0.15) is 20.6 Å². The van der Waals surface area contributed by atoms with Crippen molar-refractivity contribution in [3.8, 4) is 0 Å². The van der Waals surface area contributed by atoms with Crippen LogP contribution in [-0.2, 0) is 4.79 Å². The Hall–Kier alpha value is -0.570. The second-order valence-corrected chi connectivity index (χ2v) is 6.64. The van der Waals surface area contributed by atoms with Gasteiger partial charge in [0.05, 0.1) is 0 Å². The second kappa shape index (κ2) is 14.4. The van der Waals surface area contributed by atoms with E-state index < -0.39 is 0 Å². The van der Waals surface area contributed by atoms with E-state index in [0.29, 0.717) is 12.5 Å². The third-order valence-corrected chi connectivity index (χ3v) is 3.92. The third kappa shape index (κ3) is 15.6. The summed E-state index contributed by atoms with van der Waals surface area (Å²) in [5, 5.41) is 3.09. The zero-order valence-corrected chi connectivity index (χ0v) is 14.9. The van der Waals surface area contributed by atoms with Gasteiger partial charge in [0, 0.05) is 18.9 Å². The molecule has 0 spiro atoms. The molecule has 1 atom stereocenters. The molecule has 3 heteroatoms. The summed E-state index contributed by atoms with van der Waals surface area (Å²) in [5.74, 6) is 0.226. The maximum Gasteiger partial charge on any atom is 0.220 e. The average molecular weight is 299 g/mol. The van der Waals surface area contributed by atoms with Crippen molar-refractivity contribution < 1.29 is 4.79 Å². The van der Waals surface area contributed by atoms with Gasteiger partial charge in [0.15, 0.2) is 0 Å². The fourth-order valence-corrected chi connectivity index (χ4v) is 2.47. The number of amides is 1. The topological polar surface area (TPSA) is 35.0 Å². The van der Waals surface area contributed by atoms with Crippen molar-refractivity contribution in [3.63, 3.8) is 0 Å². The van der Waals surface area contributed by atoms with Crippen LogP contribution in [0.2, 0.25) is 0 Å². The number of nitrogens with one attached hydrogen (secondary N) is 1. The van der Waals surface area contributed by atoms with Gasteiger partial charge in [0.2, 0.25) is 5.91 Å². The summed E-state index contributed by atoms with van der Waals surface area (Å²) < 4.78 is 0. The van der Waals surface area contributed by atoms with E-state index in [1.54, 1.807) is 0 Å². The highest BCUT2D eigenvalue weighted by molar-refractivity contribution is 5.76. The molecule has 0 saturated heterocycles. The first-order chi connectivity index (χ1) is 10.1. The van der Waals surface area contributed by atoms with Crippen molar-refractivity contribution in [2.24, 2.45) is 0 Å². The highest BCUT2D eigenvalue weighted by Crippen LogP contribution is 2.10. The van der Waals surface area contributed by atoms with E-state index in [-0.39, 0.29) is 5.91 Å². The van der Waals surface area contributed by atoms with Crippen LogP contribution in [-0.4, -0.2) is 32.6 Å². The average Bonchev–Trinajstić information content (AvgIpc) is 2.43. The molecule has 0 aliphatic rings. The van der Waals surface area contributed by atoms with Crippen LogP contribution in [0.4, 0.5) is 0 Å².